The molecule has 0 amide bonds. The molecule has 2 N–H and O–H groups in total. The molecule has 0 aliphatic heterocycles. The second-order valence-corrected chi connectivity index (χ2v) is 4.15. The van der Waals surface area contributed by atoms with Crippen molar-refractivity contribution in [3.8, 4) is 0 Å². The lowest BCUT2D eigenvalue weighted by atomic mass is 10.0. The summed E-state index contributed by atoms with van der Waals surface area (Å²) in [5.41, 5.74) is 11.5. The molecule has 1 aromatic carbocycles. The van der Waals surface area contributed by atoms with E-state index in [0.29, 0.717) is 0 Å². The van der Waals surface area contributed by atoms with Crippen LogP contribution in [0.5, 0.6) is 0 Å². The van der Waals surface area contributed by atoms with Crippen LogP contribution < -0.4 is 5.73 Å². The molecule has 1 heterocycles. The van der Waals surface area contributed by atoms with Crippen molar-refractivity contribution in [1.29, 1.82) is 0 Å². The van der Waals surface area contributed by atoms with Crippen molar-refractivity contribution in [2.45, 2.75) is 20.3 Å². The zero-order valence-corrected chi connectivity index (χ0v) is 9.70. The molecule has 1 aromatic heterocycles. The number of pyridine rings is 1. The van der Waals surface area contributed by atoms with E-state index < -0.39 is 0 Å². The second kappa shape index (κ2) is 4.35. The minimum atomic E-state index is 0.767. The number of anilines is 1. The quantitative estimate of drug-likeness (QED) is 0.831. The average molecular weight is 212 g/mol. The highest BCUT2D eigenvalue weighted by Gasteiger charge is 2.04. The Balaban J connectivity index is 2.34. The van der Waals surface area contributed by atoms with Crippen LogP contribution in [0.4, 0.5) is 5.69 Å². The standard InChI is InChI=1S/C14H16N2/c1-10-5-6-11(2)12(8-10)9-14-13(15)4-3-7-16-14/h3-8H,9,15H2,1-2H3. The van der Waals surface area contributed by atoms with Crippen molar-refractivity contribution in [1.82, 2.24) is 4.98 Å². The number of aromatic nitrogens is 1. The summed E-state index contributed by atoms with van der Waals surface area (Å²) >= 11 is 0. The Morgan fingerprint density at radius 1 is 1.19 bits per heavy atom. The summed E-state index contributed by atoms with van der Waals surface area (Å²) in [5.74, 6) is 0. The van der Waals surface area contributed by atoms with Crippen LogP contribution in [-0.4, -0.2) is 4.98 Å². The molecule has 0 radical (unpaired) electrons. The summed E-state index contributed by atoms with van der Waals surface area (Å²) in [6, 6.07) is 10.2. The summed E-state index contributed by atoms with van der Waals surface area (Å²) in [5, 5.41) is 0. The molecule has 0 spiro atoms. The van der Waals surface area contributed by atoms with Crippen LogP contribution >= 0.6 is 0 Å². The molecule has 0 atom stereocenters. The maximum Gasteiger partial charge on any atom is 0.0676 e. The molecule has 2 heteroatoms. The summed E-state index contributed by atoms with van der Waals surface area (Å²) in [7, 11) is 0. The van der Waals surface area contributed by atoms with Crippen molar-refractivity contribution < 1.29 is 0 Å². The predicted octanol–water partition coefficient (Wildman–Crippen LogP) is 2.87. The molecule has 2 aromatic rings. The molecule has 16 heavy (non-hydrogen) atoms. The minimum Gasteiger partial charge on any atom is -0.397 e. The smallest absolute Gasteiger partial charge is 0.0676 e. The molecule has 0 aliphatic carbocycles. The van der Waals surface area contributed by atoms with Gasteiger partial charge in [-0.3, -0.25) is 4.98 Å². The van der Waals surface area contributed by atoms with Gasteiger partial charge in [0.15, 0.2) is 0 Å². The van der Waals surface area contributed by atoms with Crippen molar-refractivity contribution in [3.05, 3.63) is 58.9 Å². The number of aryl methyl sites for hydroxylation is 2. The average Bonchev–Trinajstić information content (AvgIpc) is 2.27. The number of rotatable bonds is 2. The van der Waals surface area contributed by atoms with Gasteiger partial charge in [0.1, 0.15) is 0 Å². The Morgan fingerprint density at radius 2 is 2.00 bits per heavy atom. The Bertz CT molecular complexity index is 504. The van der Waals surface area contributed by atoms with Gasteiger partial charge < -0.3 is 5.73 Å². The summed E-state index contributed by atoms with van der Waals surface area (Å²) in [6.07, 6.45) is 2.59. The highest BCUT2D eigenvalue weighted by atomic mass is 14.7. The van der Waals surface area contributed by atoms with Crippen molar-refractivity contribution >= 4 is 5.69 Å². The lowest BCUT2D eigenvalue weighted by Gasteiger charge is -2.08. The molecule has 0 unspecified atom stereocenters. The number of benzene rings is 1. The van der Waals surface area contributed by atoms with Crippen LogP contribution in [0.25, 0.3) is 0 Å². The molecule has 0 fully saturated rings. The Morgan fingerprint density at radius 3 is 2.75 bits per heavy atom. The van der Waals surface area contributed by atoms with E-state index in [-0.39, 0.29) is 0 Å². The van der Waals surface area contributed by atoms with Crippen LogP contribution in [0.2, 0.25) is 0 Å². The normalized spacial score (nSPS) is 10.4. The Hall–Kier alpha value is -1.83. The van der Waals surface area contributed by atoms with E-state index in [4.69, 9.17) is 5.73 Å². The van der Waals surface area contributed by atoms with Crippen molar-refractivity contribution in [2.24, 2.45) is 0 Å². The van der Waals surface area contributed by atoms with E-state index in [1.807, 2.05) is 12.1 Å². The van der Waals surface area contributed by atoms with E-state index in [1.165, 1.54) is 16.7 Å². The van der Waals surface area contributed by atoms with Gasteiger partial charge in [-0.1, -0.05) is 23.8 Å². The van der Waals surface area contributed by atoms with Gasteiger partial charge in [-0.05, 0) is 37.1 Å². The number of nitrogen functional groups attached to an aromatic ring is 1. The first-order valence-electron chi connectivity index (χ1n) is 5.42. The third-order valence-corrected chi connectivity index (χ3v) is 2.79. The monoisotopic (exact) mass is 212 g/mol. The van der Waals surface area contributed by atoms with E-state index in [1.54, 1.807) is 6.20 Å². The molecule has 0 saturated heterocycles. The molecule has 82 valence electrons. The fraction of sp³-hybridized carbons (Fsp3) is 0.214. The van der Waals surface area contributed by atoms with Crippen LogP contribution in [-0.2, 0) is 6.42 Å². The van der Waals surface area contributed by atoms with Gasteiger partial charge in [0.2, 0.25) is 0 Å². The van der Waals surface area contributed by atoms with Gasteiger partial charge in [0.25, 0.3) is 0 Å². The van der Waals surface area contributed by atoms with Crippen LogP contribution in [0.1, 0.15) is 22.4 Å². The maximum atomic E-state index is 5.89. The summed E-state index contributed by atoms with van der Waals surface area (Å²) in [4.78, 5) is 4.32. The summed E-state index contributed by atoms with van der Waals surface area (Å²) < 4.78 is 0. The summed E-state index contributed by atoms with van der Waals surface area (Å²) in [6.45, 7) is 4.22. The van der Waals surface area contributed by atoms with Gasteiger partial charge >= 0.3 is 0 Å². The molecule has 0 saturated carbocycles. The number of hydrogen-bond donors (Lipinski definition) is 1. The number of nitrogens with zero attached hydrogens (tertiary/aromatic N) is 1. The van der Waals surface area contributed by atoms with Crippen molar-refractivity contribution in [3.63, 3.8) is 0 Å². The zero-order valence-electron chi connectivity index (χ0n) is 9.70. The first-order chi connectivity index (χ1) is 7.66. The molecule has 2 rings (SSSR count). The Kier molecular flexibility index (Phi) is 2.91. The van der Waals surface area contributed by atoms with E-state index in [2.05, 4.69) is 37.0 Å². The van der Waals surface area contributed by atoms with Crippen LogP contribution in [0.15, 0.2) is 36.5 Å². The highest BCUT2D eigenvalue weighted by molar-refractivity contribution is 5.45. The number of hydrogen-bond acceptors (Lipinski definition) is 2. The lowest BCUT2D eigenvalue weighted by Crippen LogP contribution is -2.00. The van der Waals surface area contributed by atoms with Gasteiger partial charge in [0.05, 0.1) is 11.4 Å². The topological polar surface area (TPSA) is 38.9 Å². The minimum absolute atomic E-state index is 0.767. The second-order valence-electron chi connectivity index (χ2n) is 4.15. The fourth-order valence-corrected chi connectivity index (χ4v) is 1.77. The predicted molar refractivity (Wildman–Crippen MR) is 67.4 cm³/mol. The van der Waals surface area contributed by atoms with E-state index in [9.17, 15) is 0 Å². The third-order valence-electron chi connectivity index (χ3n) is 2.79. The van der Waals surface area contributed by atoms with Crippen LogP contribution in [0, 0.1) is 13.8 Å². The van der Waals surface area contributed by atoms with Gasteiger partial charge in [-0.25, -0.2) is 0 Å². The molecular weight excluding hydrogens is 196 g/mol. The van der Waals surface area contributed by atoms with E-state index in [0.717, 1.165) is 17.8 Å². The Labute approximate surface area is 96.1 Å². The van der Waals surface area contributed by atoms with Gasteiger partial charge in [-0.2, -0.15) is 0 Å². The zero-order chi connectivity index (χ0) is 11.5. The largest absolute Gasteiger partial charge is 0.397 e. The van der Waals surface area contributed by atoms with Gasteiger partial charge in [-0.15, -0.1) is 0 Å². The highest BCUT2D eigenvalue weighted by Crippen LogP contribution is 2.17. The van der Waals surface area contributed by atoms with Crippen LogP contribution in [0.3, 0.4) is 0 Å². The maximum absolute atomic E-state index is 5.89. The first-order valence-corrected chi connectivity index (χ1v) is 5.42. The molecular formula is C14H16N2. The first kappa shape index (κ1) is 10.7. The van der Waals surface area contributed by atoms with E-state index >= 15 is 0 Å². The van der Waals surface area contributed by atoms with Gasteiger partial charge in [0, 0.05) is 12.6 Å². The molecule has 2 nitrogen and oxygen atoms in total. The lowest BCUT2D eigenvalue weighted by molar-refractivity contribution is 1.06. The third kappa shape index (κ3) is 2.22. The fourth-order valence-electron chi connectivity index (χ4n) is 1.77. The SMILES string of the molecule is Cc1ccc(C)c(Cc2ncccc2N)c1. The van der Waals surface area contributed by atoms with Crippen molar-refractivity contribution in [2.75, 3.05) is 5.73 Å². The molecule has 0 aliphatic rings. The molecule has 0 bridgehead atoms. The number of nitrogens with two attached hydrogens (primary N) is 1.